The molecule has 1 aliphatic heterocycles. The predicted molar refractivity (Wildman–Crippen MR) is 158 cm³/mol. The number of nitrogens with one attached hydrogen (secondary N) is 1. The summed E-state index contributed by atoms with van der Waals surface area (Å²) in [6.45, 7) is 5.22. The van der Waals surface area contributed by atoms with Crippen molar-refractivity contribution in [2.45, 2.75) is 56.9 Å². The molecule has 1 aromatic rings. The monoisotopic (exact) mass is 577 g/mol. The summed E-state index contributed by atoms with van der Waals surface area (Å²) in [5.41, 5.74) is 1.87. The Kier molecular flexibility index (Phi) is 13.5. The first kappa shape index (κ1) is 30.5. The summed E-state index contributed by atoms with van der Waals surface area (Å²) in [7, 11) is 0.137. The van der Waals surface area contributed by atoms with Gasteiger partial charge in [0, 0.05) is 16.4 Å². The van der Waals surface area contributed by atoms with Crippen LogP contribution in [0.2, 0.25) is 0 Å². The fraction of sp³-hybridized carbons (Fsp3) is 0.414. The van der Waals surface area contributed by atoms with E-state index in [2.05, 4.69) is 35.0 Å². The summed E-state index contributed by atoms with van der Waals surface area (Å²) in [4.78, 5) is 16.7. The van der Waals surface area contributed by atoms with Crippen LogP contribution in [0.25, 0.3) is 0 Å². The third-order valence-electron chi connectivity index (χ3n) is 6.02. The molecule has 3 atom stereocenters. The molecule has 0 bridgehead atoms. The van der Waals surface area contributed by atoms with Gasteiger partial charge in [0.05, 0.1) is 21.0 Å². The van der Waals surface area contributed by atoms with Gasteiger partial charge in [-0.25, -0.2) is 14.4 Å². The molecule has 206 valence electrons. The molecule has 9 heteroatoms. The molecule has 38 heavy (non-hydrogen) atoms. The highest BCUT2D eigenvalue weighted by Gasteiger charge is 2.39. The largest absolute Gasteiger partial charge is 0.489 e. The Morgan fingerprint density at radius 2 is 2.18 bits per heavy atom. The normalized spacial score (nSPS) is 22.2. The van der Waals surface area contributed by atoms with E-state index in [-0.39, 0.29) is 20.2 Å². The number of alkyl carbamates (subject to hydrolysis) is 1. The highest BCUT2D eigenvalue weighted by Crippen LogP contribution is 2.34. The molecular weight excluding hydrogens is 541 g/mol. The number of rotatable bonds is 16. The second-order valence-electron chi connectivity index (χ2n) is 8.97. The van der Waals surface area contributed by atoms with E-state index in [0.717, 1.165) is 47.6 Å². The van der Waals surface area contributed by atoms with Crippen molar-refractivity contribution in [3.63, 3.8) is 0 Å². The second kappa shape index (κ2) is 16.8. The molecule has 0 saturated carbocycles. The SMILES string of the molecule is C\C=C/C=C(\C=C\SC1C=C(Cl)C(CCCC2(CPOOCC)COC(=O)N2)=CC1)OCc1ccccc1. The topological polar surface area (TPSA) is 66.0 Å². The molecular formula is C29H37ClNO5PS. The molecule has 0 radical (unpaired) electrons. The molecule has 3 unspecified atom stereocenters. The van der Waals surface area contributed by atoms with Crippen molar-refractivity contribution < 1.29 is 23.8 Å². The summed E-state index contributed by atoms with van der Waals surface area (Å²) in [6.07, 6.45) is 16.0. The first-order chi connectivity index (χ1) is 18.5. The Balaban J connectivity index is 1.45. The average molecular weight is 578 g/mol. The van der Waals surface area contributed by atoms with Crippen LogP contribution in [0.3, 0.4) is 0 Å². The lowest BCUT2D eigenvalue weighted by molar-refractivity contribution is -0.191. The quantitative estimate of drug-likeness (QED) is 0.0537. The Labute approximate surface area is 237 Å². The smallest absolute Gasteiger partial charge is 0.407 e. The third kappa shape index (κ3) is 10.6. The number of carbonyl (C=O) groups is 1. The lowest BCUT2D eigenvalue weighted by Gasteiger charge is -2.26. The molecule has 1 N–H and O–H groups in total. The second-order valence-corrected chi connectivity index (χ2v) is 11.3. The summed E-state index contributed by atoms with van der Waals surface area (Å²) in [6, 6.07) is 10.1. The van der Waals surface area contributed by atoms with Crippen molar-refractivity contribution in [3.8, 4) is 0 Å². The van der Waals surface area contributed by atoms with E-state index in [1.807, 2.05) is 56.4 Å². The Morgan fingerprint density at radius 1 is 1.34 bits per heavy atom. The highest BCUT2D eigenvalue weighted by atomic mass is 35.5. The number of halogens is 1. The molecule has 1 saturated heterocycles. The Morgan fingerprint density at radius 3 is 2.89 bits per heavy atom. The van der Waals surface area contributed by atoms with E-state index >= 15 is 0 Å². The summed E-state index contributed by atoms with van der Waals surface area (Å²) >= 11 is 8.38. The fourth-order valence-corrected chi connectivity index (χ4v) is 6.14. The number of benzene rings is 1. The van der Waals surface area contributed by atoms with Crippen molar-refractivity contribution in [2.24, 2.45) is 0 Å². The molecule has 0 aromatic heterocycles. The van der Waals surface area contributed by atoms with Crippen LogP contribution in [0.15, 0.2) is 88.6 Å². The van der Waals surface area contributed by atoms with Gasteiger partial charge in [-0.1, -0.05) is 66.2 Å². The number of allylic oxidation sites excluding steroid dienone is 7. The summed E-state index contributed by atoms with van der Waals surface area (Å²) in [5, 5.41) is 6.12. The van der Waals surface area contributed by atoms with Gasteiger partial charge in [-0.15, -0.1) is 11.8 Å². The number of ether oxygens (including phenoxy) is 2. The first-order valence-corrected chi connectivity index (χ1v) is 15.3. The maximum Gasteiger partial charge on any atom is 0.407 e. The first-order valence-electron chi connectivity index (χ1n) is 12.9. The Bertz CT molecular complexity index is 1040. The number of thioether (sulfide) groups is 1. The lowest BCUT2D eigenvalue weighted by atomic mass is 9.93. The van der Waals surface area contributed by atoms with Crippen molar-refractivity contribution in [1.29, 1.82) is 0 Å². The van der Waals surface area contributed by atoms with Crippen LogP contribution in [0, 0.1) is 0 Å². The maximum absolute atomic E-state index is 11.7. The zero-order chi connectivity index (χ0) is 27.1. The fourth-order valence-electron chi connectivity index (χ4n) is 4.00. The molecule has 3 rings (SSSR count). The minimum Gasteiger partial charge on any atom is -0.489 e. The van der Waals surface area contributed by atoms with Gasteiger partial charge >= 0.3 is 6.09 Å². The zero-order valence-corrected chi connectivity index (χ0v) is 24.6. The van der Waals surface area contributed by atoms with Gasteiger partial charge in [-0.3, -0.25) is 0 Å². The number of hydrogen-bond donors (Lipinski definition) is 1. The van der Waals surface area contributed by atoms with E-state index in [4.69, 9.17) is 30.6 Å². The van der Waals surface area contributed by atoms with Crippen LogP contribution in [-0.4, -0.2) is 36.3 Å². The van der Waals surface area contributed by atoms with Crippen LogP contribution < -0.4 is 5.32 Å². The molecule has 6 nitrogen and oxygen atoms in total. The van der Waals surface area contributed by atoms with Crippen molar-refractivity contribution in [1.82, 2.24) is 5.32 Å². The molecule has 1 fully saturated rings. The van der Waals surface area contributed by atoms with Crippen LogP contribution in [0.1, 0.15) is 45.1 Å². The molecule has 2 aliphatic rings. The molecule has 1 aliphatic carbocycles. The third-order valence-corrected chi connectivity index (χ3v) is 8.41. The van der Waals surface area contributed by atoms with Gasteiger partial charge in [0.15, 0.2) is 0 Å². The molecule has 0 spiro atoms. The minimum atomic E-state index is -0.415. The Hall–Kier alpha value is -2.02. The molecule has 1 aromatic carbocycles. The van der Waals surface area contributed by atoms with E-state index in [0.29, 0.717) is 26.0 Å². The van der Waals surface area contributed by atoms with Gasteiger partial charge in [0.1, 0.15) is 19.0 Å². The number of cyclic esters (lactones) is 1. The summed E-state index contributed by atoms with van der Waals surface area (Å²) < 4.78 is 16.4. The number of amides is 1. The lowest BCUT2D eigenvalue weighted by Crippen LogP contribution is -2.45. The van der Waals surface area contributed by atoms with Crippen molar-refractivity contribution in [2.75, 3.05) is 19.4 Å². The number of carbonyl (C=O) groups excluding carboxylic acids is 1. The van der Waals surface area contributed by atoms with Crippen LogP contribution >= 0.6 is 32.2 Å². The van der Waals surface area contributed by atoms with Gasteiger partial charge in [-0.05, 0) is 68.2 Å². The molecule has 1 amide bonds. The van der Waals surface area contributed by atoms with Gasteiger partial charge in [0.2, 0.25) is 0 Å². The summed E-state index contributed by atoms with van der Waals surface area (Å²) in [5.74, 6) is 0.811. The predicted octanol–water partition coefficient (Wildman–Crippen LogP) is 7.94. The maximum atomic E-state index is 11.7. The van der Waals surface area contributed by atoms with Gasteiger partial charge in [-0.2, -0.15) is 0 Å². The van der Waals surface area contributed by atoms with Crippen molar-refractivity contribution in [3.05, 3.63) is 94.1 Å². The zero-order valence-electron chi connectivity index (χ0n) is 22.0. The highest BCUT2D eigenvalue weighted by molar-refractivity contribution is 8.02. The average Bonchev–Trinajstić information content (AvgIpc) is 3.30. The van der Waals surface area contributed by atoms with E-state index < -0.39 is 5.54 Å². The minimum absolute atomic E-state index is 0.137. The van der Waals surface area contributed by atoms with Crippen molar-refractivity contribution >= 4 is 38.3 Å². The van der Waals surface area contributed by atoms with E-state index in [1.54, 1.807) is 11.8 Å². The number of hydrogen-bond acceptors (Lipinski definition) is 6. The van der Waals surface area contributed by atoms with Gasteiger partial charge in [0.25, 0.3) is 0 Å². The van der Waals surface area contributed by atoms with Crippen LogP contribution in [0.5, 0.6) is 0 Å². The van der Waals surface area contributed by atoms with Crippen LogP contribution in [-0.2, 0) is 25.6 Å². The molecule has 1 heterocycles. The standard InChI is InChI=1S/C29H37ClNO5PS/c1-3-5-13-25(33-20-23-10-7-6-8-11-23)16-18-38-26-15-14-24(27(30)19-26)12-9-17-29(21-34-28(32)31-29)22-37-36-35-4-2/h3,5-8,10-11,13-14,16,18-19,26,37H,4,9,12,15,17,20-22H2,1-2H3,(H,31,32)/b5-3-,18-16+,25-13+. The van der Waals surface area contributed by atoms with Crippen LogP contribution in [0.4, 0.5) is 4.79 Å². The van der Waals surface area contributed by atoms with E-state index in [1.165, 1.54) is 0 Å². The van der Waals surface area contributed by atoms with Gasteiger partial charge < -0.3 is 14.8 Å². The van der Waals surface area contributed by atoms with E-state index in [9.17, 15) is 4.79 Å².